The lowest BCUT2D eigenvalue weighted by Crippen LogP contribution is -2.65. The van der Waals surface area contributed by atoms with Gasteiger partial charge in [-0.15, -0.1) is 0 Å². The third kappa shape index (κ3) is 4.93. The SMILES string of the molecule is CC[C@@H](OCc1ccccc1)[C@@](CO)(NC(=O)c1ccccc1)C(=O)OC. The van der Waals surface area contributed by atoms with Crippen molar-refractivity contribution in [3.05, 3.63) is 71.8 Å². The average Bonchev–Trinajstić information content (AvgIpc) is 2.73. The zero-order valence-corrected chi connectivity index (χ0v) is 15.6. The van der Waals surface area contributed by atoms with Crippen LogP contribution in [0, 0.1) is 0 Å². The predicted molar refractivity (Wildman–Crippen MR) is 101 cm³/mol. The molecule has 6 nitrogen and oxygen atoms in total. The molecule has 0 spiro atoms. The highest BCUT2D eigenvalue weighted by Gasteiger charge is 2.48. The molecule has 0 saturated carbocycles. The van der Waals surface area contributed by atoms with Gasteiger partial charge in [-0.25, -0.2) is 4.79 Å². The predicted octanol–water partition coefficient (Wildman–Crippen LogP) is 2.32. The summed E-state index contributed by atoms with van der Waals surface area (Å²) in [6.45, 7) is 1.41. The maximum atomic E-state index is 12.6. The number of aliphatic hydroxyl groups is 1. The van der Waals surface area contributed by atoms with E-state index in [1.54, 1.807) is 30.3 Å². The number of amides is 1. The monoisotopic (exact) mass is 371 g/mol. The van der Waals surface area contributed by atoms with Crippen molar-refractivity contribution in [2.24, 2.45) is 0 Å². The summed E-state index contributed by atoms with van der Waals surface area (Å²) in [5.74, 6) is -1.24. The minimum Gasteiger partial charge on any atom is -0.467 e. The number of methoxy groups -OCH3 is 1. The Bertz CT molecular complexity index is 735. The highest BCUT2D eigenvalue weighted by atomic mass is 16.5. The van der Waals surface area contributed by atoms with Crippen LogP contribution in [-0.2, 0) is 20.9 Å². The molecule has 0 aliphatic heterocycles. The summed E-state index contributed by atoms with van der Waals surface area (Å²) in [4.78, 5) is 25.2. The van der Waals surface area contributed by atoms with Gasteiger partial charge in [-0.3, -0.25) is 4.79 Å². The van der Waals surface area contributed by atoms with Gasteiger partial charge in [0.05, 0.1) is 26.4 Å². The molecule has 0 fully saturated rings. The summed E-state index contributed by atoms with van der Waals surface area (Å²) in [5, 5.41) is 12.7. The van der Waals surface area contributed by atoms with E-state index in [9.17, 15) is 14.7 Å². The smallest absolute Gasteiger partial charge is 0.336 e. The first kappa shape index (κ1) is 20.6. The molecule has 2 N–H and O–H groups in total. The molecule has 0 aliphatic rings. The van der Waals surface area contributed by atoms with Crippen molar-refractivity contribution in [2.75, 3.05) is 13.7 Å². The van der Waals surface area contributed by atoms with E-state index in [-0.39, 0.29) is 6.61 Å². The molecule has 2 aromatic carbocycles. The van der Waals surface area contributed by atoms with Gasteiger partial charge < -0.3 is 19.9 Å². The summed E-state index contributed by atoms with van der Waals surface area (Å²) < 4.78 is 10.8. The quantitative estimate of drug-likeness (QED) is 0.661. The number of carbonyl (C=O) groups excluding carboxylic acids is 2. The van der Waals surface area contributed by atoms with Crippen molar-refractivity contribution < 1.29 is 24.2 Å². The first-order chi connectivity index (χ1) is 13.1. The van der Waals surface area contributed by atoms with Gasteiger partial charge in [-0.1, -0.05) is 55.5 Å². The molecule has 1 amide bonds. The van der Waals surface area contributed by atoms with E-state index >= 15 is 0 Å². The molecule has 0 radical (unpaired) electrons. The van der Waals surface area contributed by atoms with Gasteiger partial charge in [0.15, 0.2) is 5.54 Å². The van der Waals surface area contributed by atoms with Gasteiger partial charge in [-0.2, -0.15) is 0 Å². The van der Waals surface area contributed by atoms with Crippen LogP contribution in [-0.4, -0.2) is 42.3 Å². The Hall–Kier alpha value is -2.70. The number of rotatable bonds is 9. The minimum atomic E-state index is -1.70. The summed E-state index contributed by atoms with van der Waals surface area (Å²) in [6, 6.07) is 17.9. The molecule has 0 aromatic heterocycles. The van der Waals surface area contributed by atoms with Gasteiger partial charge >= 0.3 is 5.97 Å². The van der Waals surface area contributed by atoms with Crippen LogP contribution in [0.2, 0.25) is 0 Å². The fraction of sp³-hybridized carbons (Fsp3) is 0.333. The number of hydrogen-bond acceptors (Lipinski definition) is 5. The van der Waals surface area contributed by atoms with Crippen LogP contribution in [0.15, 0.2) is 60.7 Å². The van der Waals surface area contributed by atoms with Crippen molar-refractivity contribution in [3.8, 4) is 0 Å². The normalized spacial score (nSPS) is 14.0. The Kier molecular flexibility index (Phi) is 7.52. The van der Waals surface area contributed by atoms with Gasteiger partial charge in [0.1, 0.15) is 0 Å². The average molecular weight is 371 g/mol. The van der Waals surface area contributed by atoms with Crippen LogP contribution in [0.5, 0.6) is 0 Å². The highest BCUT2D eigenvalue weighted by molar-refractivity contribution is 5.98. The second-order valence-corrected chi connectivity index (χ2v) is 6.13. The molecule has 6 heteroatoms. The van der Waals surface area contributed by atoms with E-state index in [4.69, 9.17) is 9.47 Å². The van der Waals surface area contributed by atoms with Crippen LogP contribution in [0.4, 0.5) is 0 Å². The molecular weight excluding hydrogens is 346 g/mol. The minimum absolute atomic E-state index is 0.235. The van der Waals surface area contributed by atoms with E-state index in [0.29, 0.717) is 12.0 Å². The first-order valence-corrected chi connectivity index (χ1v) is 8.79. The van der Waals surface area contributed by atoms with Crippen LogP contribution in [0.1, 0.15) is 29.3 Å². The van der Waals surface area contributed by atoms with Crippen molar-refractivity contribution >= 4 is 11.9 Å². The lowest BCUT2D eigenvalue weighted by Gasteiger charge is -2.36. The van der Waals surface area contributed by atoms with E-state index in [2.05, 4.69) is 5.32 Å². The zero-order chi connectivity index (χ0) is 19.7. The van der Waals surface area contributed by atoms with Crippen LogP contribution >= 0.6 is 0 Å². The molecule has 0 saturated heterocycles. The topological polar surface area (TPSA) is 84.9 Å². The number of esters is 1. The highest BCUT2D eigenvalue weighted by Crippen LogP contribution is 2.22. The molecule has 144 valence electrons. The van der Waals surface area contributed by atoms with E-state index in [1.165, 1.54) is 7.11 Å². The molecule has 0 bridgehead atoms. The second kappa shape index (κ2) is 9.85. The van der Waals surface area contributed by atoms with E-state index in [1.807, 2.05) is 37.3 Å². The number of carbonyl (C=O) groups is 2. The van der Waals surface area contributed by atoms with Crippen LogP contribution < -0.4 is 5.32 Å². The van der Waals surface area contributed by atoms with Crippen molar-refractivity contribution in [1.29, 1.82) is 0 Å². The summed E-state index contributed by atoms with van der Waals surface area (Å²) >= 11 is 0. The number of benzene rings is 2. The number of nitrogens with one attached hydrogen (secondary N) is 1. The number of ether oxygens (including phenoxy) is 2. The number of hydrogen-bond donors (Lipinski definition) is 2. The molecule has 0 aliphatic carbocycles. The Balaban J connectivity index is 2.26. The van der Waals surface area contributed by atoms with Gasteiger partial charge in [0.25, 0.3) is 5.91 Å². The van der Waals surface area contributed by atoms with E-state index in [0.717, 1.165) is 5.56 Å². The van der Waals surface area contributed by atoms with Crippen molar-refractivity contribution in [3.63, 3.8) is 0 Å². The fourth-order valence-corrected chi connectivity index (χ4v) is 2.89. The summed E-state index contributed by atoms with van der Waals surface area (Å²) in [7, 11) is 1.21. The molecule has 2 atom stereocenters. The lowest BCUT2D eigenvalue weighted by atomic mass is 9.90. The Morgan fingerprint density at radius 1 is 1.07 bits per heavy atom. The third-order valence-electron chi connectivity index (χ3n) is 4.39. The number of aliphatic hydroxyl groups excluding tert-OH is 1. The van der Waals surface area contributed by atoms with Crippen molar-refractivity contribution in [1.82, 2.24) is 5.32 Å². The molecule has 27 heavy (non-hydrogen) atoms. The van der Waals surface area contributed by atoms with Crippen molar-refractivity contribution in [2.45, 2.75) is 31.6 Å². The maximum absolute atomic E-state index is 12.6. The summed E-state index contributed by atoms with van der Waals surface area (Å²) in [6.07, 6.45) is -0.389. The van der Waals surface area contributed by atoms with Gasteiger partial charge in [0.2, 0.25) is 0 Å². The molecule has 2 rings (SSSR count). The molecule has 0 unspecified atom stereocenters. The lowest BCUT2D eigenvalue weighted by molar-refractivity contribution is -0.160. The van der Waals surface area contributed by atoms with Crippen LogP contribution in [0.25, 0.3) is 0 Å². The standard InChI is InChI=1S/C21H25NO5/c1-3-18(27-14-16-10-6-4-7-11-16)21(15-23,20(25)26-2)22-19(24)17-12-8-5-9-13-17/h4-13,18,23H,3,14-15H2,1-2H3,(H,22,24)/t18-,21-/m1/s1. The van der Waals surface area contributed by atoms with Gasteiger partial charge in [0, 0.05) is 5.56 Å². The zero-order valence-electron chi connectivity index (χ0n) is 15.6. The maximum Gasteiger partial charge on any atom is 0.336 e. The largest absolute Gasteiger partial charge is 0.467 e. The van der Waals surface area contributed by atoms with E-state index < -0.39 is 30.1 Å². The Morgan fingerprint density at radius 2 is 1.67 bits per heavy atom. The van der Waals surface area contributed by atoms with Gasteiger partial charge in [-0.05, 0) is 24.1 Å². The molecular formula is C21H25NO5. The Morgan fingerprint density at radius 3 is 2.19 bits per heavy atom. The second-order valence-electron chi connectivity index (χ2n) is 6.13. The molecule has 0 heterocycles. The fourth-order valence-electron chi connectivity index (χ4n) is 2.89. The first-order valence-electron chi connectivity index (χ1n) is 8.79. The van der Waals surface area contributed by atoms with Crippen LogP contribution in [0.3, 0.4) is 0 Å². The third-order valence-corrected chi connectivity index (χ3v) is 4.39. The summed E-state index contributed by atoms with van der Waals surface area (Å²) in [5.41, 5.74) is -0.412. The Labute approximate surface area is 159 Å². The molecule has 2 aromatic rings.